The van der Waals surface area contributed by atoms with Gasteiger partial charge >= 0.3 is 41.2 Å². The first kappa shape index (κ1) is 22.6. The second-order valence-electron chi connectivity index (χ2n) is 7.54. The molecule has 4 rings (SSSR count). The van der Waals surface area contributed by atoms with Crippen LogP contribution >= 0.6 is 11.8 Å². The molecule has 0 bridgehead atoms. The Bertz CT molecular complexity index is 1150. The molecule has 3 atom stereocenters. The number of carbonyl (C=O) groups is 3. The number of carbonyl (C=O) groups excluding carboxylic acids is 3. The van der Waals surface area contributed by atoms with Crippen LogP contribution in [0.1, 0.15) is 30.0 Å². The van der Waals surface area contributed by atoms with Crippen molar-refractivity contribution < 1.29 is 53.5 Å². The van der Waals surface area contributed by atoms with Crippen LogP contribution in [-0.4, -0.2) is 49.6 Å². The largest absolute Gasteiger partial charge is 1.00 e. The predicted octanol–water partition coefficient (Wildman–Crippen LogP) is -3.88. The van der Waals surface area contributed by atoms with Gasteiger partial charge in [0.15, 0.2) is 0 Å². The second kappa shape index (κ2) is 7.56. The molecule has 1 aromatic carbocycles. The molecule has 0 radical (unpaired) electrons. The van der Waals surface area contributed by atoms with Crippen LogP contribution in [0.2, 0.25) is 0 Å². The van der Waals surface area contributed by atoms with Crippen molar-refractivity contribution in [1.82, 2.24) is 14.9 Å². The standard InChI is InChI=1S/C18H18N4O6S.Na/c1-8-12(22(28)10-7-5-4-6-9(10)21(8)27)14(23)19-11-15(24)20-13(17(25)26)18(2,3)29-16(11)20;/h4-7,11,13,16H,1-3H3,(H,19,23)(H,25,26);/q;+1/p-1/t11-,13+,16-;/m1./s1. The van der Waals surface area contributed by atoms with E-state index in [9.17, 15) is 29.6 Å². The van der Waals surface area contributed by atoms with Crippen LogP contribution < -0.4 is 44.4 Å². The van der Waals surface area contributed by atoms with Gasteiger partial charge in [0.05, 0.1) is 22.1 Å². The van der Waals surface area contributed by atoms with E-state index in [0.29, 0.717) is 9.16 Å². The summed E-state index contributed by atoms with van der Waals surface area (Å²) < 4.78 is 0.0616. The van der Waals surface area contributed by atoms with Crippen molar-refractivity contribution in [3.63, 3.8) is 0 Å². The van der Waals surface area contributed by atoms with Crippen LogP contribution in [0, 0.1) is 17.0 Å². The Morgan fingerprint density at radius 2 is 1.90 bits per heavy atom. The number of para-hydroxylation sites is 2. The van der Waals surface area contributed by atoms with Crippen molar-refractivity contribution in [2.75, 3.05) is 0 Å². The number of nitrogens with zero attached hydrogens (tertiary/aromatic N) is 3. The SMILES string of the molecule is Cc1c(C(=O)N[C@@H]2C(=O)N3[C@@H]2SC(C)(C)[C@@H]3C(=O)[O-])[n+](=O)c2ccccc2n1[O-].[Na+]. The van der Waals surface area contributed by atoms with Crippen LogP contribution in [0.4, 0.5) is 0 Å². The molecule has 0 saturated carbocycles. The molecule has 30 heavy (non-hydrogen) atoms. The van der Waals surface area contributed by atoms with Crippen LogP contribution in [0.3, 0.4) is 0 Å². The Morgan fingerprint density at radius 3 is 2.53 bits per heavy atom. The molecule has 3 heterocycles. The summed E-state index contributed by atoms with van der Waals surface area (Å²) in [5, 5.41) is 25.8. The molecule has 12 heteroatoms. The normalized spacial score (nSPS) is 24.0. The van der Waals surface area contributed by atoms with Crippen LogP contribution in [0.5, 0.6) is 0 Å². The molecule has 2 aliphatic rings. The summed E-state index contributed by atoms with van der Waals surface area (Å²) in [6, 6.07) is 3.94. The van der Waals surface area contributed by atoms with Crippen molar-refractivity contribution in [2.45, 2.75) is 43.0 Å². The van der Waals surface area contributed by atoms with Gasteiger partial charge in [-0.15, -0.1) is 11.8 Å². The second-order valence-corrected chi connectivity index (χ2v) is 9.31. The average molecular weight is 440 g/mol. The number of carboxylic acid groups (broad SMARTS) is 1. The number of carboxylic acids is 1. The Balaban J connectivity index is 0.00000256. The zero-order chi connectivity index (χ0) is 21.2. The maximum absolute atomic E-state index is 12.8. The van der Waals surface area contributed by atoms with E-state index >= 15 is 0 Å². The molecule has 2 aromatic rings. The first-order valence-corrected chi connectivity index (χ1v) is 9.70. The minimum Gasteiger partial charge on any atom is -0.805 e. The summed E-state index contributed by atoms with van der Waals surface area (Å²) in [6.07, 6.45) is 0. The zero-order valence-corrected chi connectivity index (χ0v) is 19.6. The van der Waals surface area contributed by atoms with E-state index in [2.05, 4.69) is 5.32 Å². The molecule has 10 nitrogen and oxygen atoms in total. The summed E-state index contributed by atoms with van der Waals surface area (Å²) >= 11 is 1.23. The number of benzene rings is 1. The number of fused-ring (bicyclic) bond motifs is 2. The molecule has 2 saturated heterocycles. The fourth-order valence-electron chi connectivity index (χ4n) is 3.94. The van der Waals surface area contributed by atoms with Gasteiger partial charge in [0.2, 0.25) is 5.91 Å². The quantitative estimate of drug-likeness (QED) is 0.292. The molecule has 2 fully saturated rings. The van der Waals surface area contributed by atoms with E-state index in [4.69, 9.17) is 0 Å². The molecule has 152 valence electrons. The maximum Gasteiger partial charge on any atom is 1.00 e. The number of hydrogen-bond donors (Lipinski definition) is 1. The monoisotopic (exact) mass is 440 g/mol. The van der Waals surface area contributed by atoms with Gasteiger partial charge in [0.1, 0.15) is 16.9 Å². The average Bonchev–Trinajstić information content (AvgIpc) is 2.92. The van der Waals surface area contributed by atoms with Gasteiger partial charge in [-0.2, -0.15) is 0 Å². The number of hydrogen-bond acceptors (Lipinski definition) is 7. The molecule has 0 unspecified atom stereocenters. The number of rotatable bonds is 3. The third-order valence-corrected chi connectivity index (χ3v) is 6.91. The summed E-state index contributed by atoms with van der Waals surface area (Å²) in [7, 11) is 0. The van der Waals surface area contributed by atoms with E-state index in [1.807, 2.05) is 0 Å². The predicted molar refractivity (Wildman–Crippen MR) is 101 cm³/mol. The fourth-order valence-corrected chi connectivity index (χ4v) is 5.57. The smallest absolute Gasteiger partial charge is 0.805 e. The van der Waals surface area contributed by atoms with E-state index in [0.717, 1.165) is 0 Å². The molecule has 0 aliphatic carbocycles. The molecule has 2 aliphatic heterocycles. The number of amides is 2. The number of nitrogens with one attached hydrogen (secondary N) is 1. The van der Waals surface area contributed by atoms with Gasteiger partial charge in [-0.3, -0.25) is 9.59 Å². The van der Waals surface area contributed by atoms with Gasteiger partial charge in [0.25, 0.3) is 5.52 Å². The van der Waals surface area contributed by atoms with Gasteiger partial charge in [-0.1, -0.05) is 12.1 Å². The van der Waals surface area contributed by atoms with E-state index in [1.165, 1.54) is 35.7 Å². The van der Waals surface area contributed by atoms with E-state index in [1.54, 1.807) is 26.0 Å². The van der Waals surface area contributed by atoms with Crippen LogP contribution in [-0.2, 0) is 9.59 Å². The van der Waals surface area contributed by atoms with Gasteiger partial charge in [0, 0.05) is 15.7 Å². The van der Waals surface area contributed by atoms with Crippen LogP contribution in [0.25, 0.3) is 11.0 Å². The zero-order valence-electron chi connectivity index (χ0n) is 16.7. The van der Waals surface area contributed by atoms with Gasteiger partial charge in [-0.05, 0) is 26.8 Å². The Kier molecular flexibility index (Phi) is 5.69. The Labute approximate surface area is 197 Å². The molecule has 1 N–H and O–H groups in total. The van der Waals surface area contributed by atoms with Crippen molar-refractivity contribution in [2.24, 2.45) is 0 Å². The number of aromatic nitrogens is 2. The minimum absolute atomic E-state index is 0. The maximum atomic E-state index is 12.8. The number of thioether (sulfide) groups is 1. The summed E-state index contributed by atoms with van der Waals surface area (Å²) in [5.74, 6) is -2.80. The third kappa shape index (κ3) is 3.11. The number of aliphatic carboxylic acids is 1. The topological polar surface area (TPSA) is 141 Å². The first-order chi connectivity index (χ1) is 13.6. The van der Waals surface area contributed by atoms with Crippen molar-refractivity contribution in [1.29, 1.82) is 0 Å². The van der Waals surface area contributed by atoms with Gasteiger partial charge in [-0.25, -0.2) is 0 Å². The number of β-lactam (4-membered cyclic amide) rings is 1. The molecule has 0 spiro atoms. The minimum atomic E-state index is -1.36. The summed E-state index contributed by atoms with van der Waals surface area (Å²) in [5.41, 5.74) is -0.379. The van der Waals surface area contributed by atoms with E-state index in [-0.39, 0.29) is 46.3 Å². The van der Waals surface area contributed by atoms with Gasteiger partial charge < -0.3 is 30.1 Å². The van der Waals surface area contributed by atoms with Crippen molar-refractivity contribution in [3.05, 3.63) is 45.8 Å². The Hall–Kier alpha value is -2.08. The third-order valence-electron chi connectivity index (χ3n) is 5.34. The van der Waals surface area contributed by atoms with Crippen molar-refractivity contribution >= 4 is 40.6 Å². The Morgan fingerprint density at radius 1 is 1.27 bits per heavy atom. The summed E-state index contributed by atoms with van der Waals surface area (Å²) in [6.45, 7) is 4.71. The molecular formula is C18H17N4NaO6S. The van der Waals surface area contributed by atoms with Crippen molar-refractivity contribution in [3.8, 4) is 0 Å². The molecule has 2 amide bonds. The molecule has 1 aromatic heterocycles. The van der Waals surface area contributed by atoms with Crippen LogP contribution in [0.15, 0.2) is 24.3 Å². The van der Waals surface area contributed by atoms with E-state index < -0.39 is 45.7 Å². The fraction of sp³-hybridized carbons (Fsp3) is 0.389. The molecular weight excluding hydrogens is 423 g/mol. The first-order valence-electron chi connectivity index (χ1n) is 8.82. The summed E-state index contributed by atoms with van der Waals surface area (Å²) in [4.78, 5) is 50.7.